The van der Waals surface area contributed by atoms with Gasteiger partial charge in [-0.05, 0) is 48.7 Å². The van der Waals surface area contributed by atoms with Crippen molar-refractivity contribution in [1.29, 1.82) is 0 Å². The molecule has 0 unspecified atom stereocenters. The SMILES string of the molecule is CCOCCn1c(=NC(=O)c2cc(-c3cccs3)nc3ccccc23)sc2cc(F)ccc21. The third kappa shape index (κ3) is 4.37. The first-order valence-corrected chi connectivity index (χ1v) is 12.2. The van der Waals surface area contributed by atoms with Crippen molar-refractivity contribution in [1.82, 2.24) is 9.55 Å². The molecule has 8 heteroatoms. The summed E-state index contributed by atoms with van der Waals surface area (Å²) in [5, 5.41) is 2.73. The summed E-state index contributed by atoms with van der Waals surface area (Å²) in [5.41, 5.74) is 2.80. The molecule has 5 nitrogen and oxygen atoms in total. The lowest BCUT2D eigenvalue weighted by Gasteiger charge is -2.07. The van der Waals surface area contributed by atoms with Crippen LogP contribution in [0.25, 0.3) is 31.7 Å². The Morgan fingerprint density at radius 2 is 2.03 bits per heavy atom. The van der Waals surface area contributed by atoms with Crippen LogP contribution < -0.4 is 4.80 Å². The van der Waals surface area contributed by atoms with Crippen LogP contribution in [0.15, 0.2) is 71.0 Å². The maximum Gasteiger partial charge on any atom is 0.280 e. The monoisotopic (exact) mass is 477 g/mol. The van der Waals surface area contributed by atoms with E-state index < -0.39 is 0 Å². The molecule has 0 aliphatic rings. The lowest BCUT2D eigenvalue weighted by atomic mass is 10.1. The lowest BCUT2D eigenvalue weighted by Crippen LogP contribution is -2.20. The Bertz CT molecular complexity index is 1520. The number of thiophene rings is 1. The van der Waals surface area contributed by atoms with Crippen molar-refractivity contribution >= 4 is 49.7 Å². The van der Waals surface area contributed by atoms with Crippen LogP contribution in [0, 0.1) is 5.82 Å². The van der Waals surface area contributed by atoms with Crippen molar-refractivity contribution in [2.45, 2.75) is 13.5 Å². The Balaban J connectivity index is 1.66. The highest BCUT2D eigenvalue weighted by molar-refractivity contribution is 7.16. The largest absolute Gasteiger partial charge is 0.380 e. The second-order valence-electron chi connectivity index (χ2n) is 7.31. The fourth-order valence-corrected chi connectivity index (χ4v) is 5.46. The van der Waals surface area contributed by atoms with Crippen molar-refractivity contribution < 1.29 is 13.9 Å². The summed E-state index contributed by atoms with van der Waals surface area (Å²) in [5.74, 6) is -0.678. The van der Waals surface area contributed by atoms with Gasteiger partial charge in [-0.1, -0.05) is 35.6 Å². The number of carbonyl (C=O) groups is 1. The second-order valence-corrected chi connectivity index (χ2v) is 9.27. The maximum atomic E-state index is 13.8. The van der Waals surface area contributed by atoms with Crippen molar-refractivity contribution in [2.75, 3.05) is 13.2 Å². The first-order valence-electron chi connectivity index (χ1n) is 10.5. The van der Waals surface area contributed by atoms with Crippen LogP contribution in [-0.2, 0) is 11.3 Å². The van der Waals surface area contributed by atoms with E-state index in [4.69, 9.17) is 9.72 Å². The summed E-state index contributed by atoms with van der Waals surface area (Å²) in [6.45, 7) is 3.52. The predicted molar refractivity (Wildman–Crippen MR) is 131 cm³/mol. The van der Waals surface area contributed by atoms with E-state index in [0.717, 1.165) is 31.7 Å². The molecule has 0 spiro atoms. The molecule has 0 saturated heterocycles. The minimum Gasteiger partial charge on any atom is -0.380 e. The summed E-state index contributed by atoms with van der Waals surface area (Å²) in [6, 6.07) is 17.9. The number of hydrogen-bond donors (Lipinski definition) is 0. The van der Waals surface area contributed by atoms with Gasteiger partial charge in [0.1, 0.15) is 5.82 Å². The molecular weight excluding hydrogens is 457 g/mol. The van der Waals surface area contributed by atoms with E-state index in [1.807, 2.05) is 53.3 Å². The van der Waals surface area contributed by atoms with E-state index in [-0.39, 0.29) is 11.7 Å². The summed E-state index contributed by atoms with van der Waals surface area (Å²) in [4.78, 5) is 24.2. The lowest BCUT2D eigenvalue weighted by molar-refractivity contribution is 0.0998. The van der Waals surface area contributed by atoms with E-state index in [1.165, 1.54) is 23.5 Å². The molecule has 0 saturated carbocycles. The number of amides is 1. The average molecular weight is 478 g/mol. The molecule has 0 atom stereocenters. The van der Waals surface area contributed by atoms with Gasteiger partial charge in [-0.25, -0.2) is 9.37 Å². The molecule has 0 fully saturated rings. The number of ether oxygens (including phenoxy) is 1. The minimum absolute atomic E-state index is 0.320. The normalized spacial score (nSPS) is 12.1. The van der Waals surface area contributed by atoms with Gasteiger partial charge in [0.15, 0.2) is 4.80 Å². The van der Waals surface area contributed by atoms with E-state index in [0.29, 0.717) is 30.1 Å². The zero-order valence-corrected chi connectivity index (χ0v) is 19.5. The topological polar surface area (TPSA) is 56.5 Å². The molecule has 3 aromatic heterocycles. The zero-order chi connectivity index (χ0) is 22.8. The number of para-hydroxylation sites is 1. The molecule has 0 bridgehead atoms. The molecule has 2 aromatic carbocycles. The van der Waals surface area contributed by atoms with E-state index >= 15 is 0 Å². The minimum atomic E-state index is -0.358. The average Bonchev–Trinajstić information content (AvgIpc) is 3.47. The Morgan fingerprint density at radius 3 is 2.85 bits per heavy atom. The highest BCUT2D eigenvalue weighted by atomic mass is 32.1. The summed E-state index contributed by atoms with van der Waals surface area (Å²) >= 11 is 2.86. The number of benzene rings is 2. The van der Waals surface area contributed by atoms with E-state index in [1.54, 1.807) is 23.5 Å². The predicted octanol–water partition coefficient (Wildman–Crippen LogP) is 5.90. The van der Waals surface area contributed by atoms with Crippen LogP contribution in [0.4, 0.5) is 4.39 Å². The van der Waals surface area contributed by atoms with Crippen molar-refractivity contribution in [3.05, 3.63) is 82.2 Å². The van der Waals surface area contributed by atoms with Gasteiger partial charge in [0.2, 0.25) is 0 Å². The molecule has 5 aromatic rings. The molecular formula is C25H20FN3O2S2. The molecule has 1 amide bonds. The summed E-state index contributed by atoms with van der Waals surface area (Å²) in [6.07, 6.45) is 0. The van der Waals surface area contributed by atoms with Gasteiger partial charge < -0.3 is 9.30 Å². The third-order valence-corrected chi connectivity index (χ3v) is 7.16. The van der Waals surface area contributed by atoms with Crippen LogP contribution in [-0.4, -0.2) is 28.7 Å². The first kappa shape index (κ1) is 21.6. The standard InChI is InChI=1S/C25H20FN3O2S2/c1-2-31-12-11-29-21-10-9-16(26)14-23(21)33-25(29)28-24(30)18-15-20(22-8-5-13-32-22)27-19-7-4-3-6-17(18)19/h3-10,13-15H,2,11-12H2,1H3. The number of pyridine rings is 1. The van der Waals surface area contributed by atoms with Gasteiger partial charge in [-0.3, -0.25) is 4.79 Å². The third-order valence-electron chi connectivity index (χ3n) is 5.23. The molecule has 5 rings (SSSR count). The van der Waals surface area contributed by atoms with Crippen LogP contribution in [0.5, 0.6) is 0 Å². The fourth-order valence-electron chi connectivity index (χ4n) is 3.70. The Labute approximate surface area is 197 Å². The second kappa shape index (κ2) is 9.35. The number of nitrogens with zero attached hydrogens (tertiary/aromatic N) is 3. The Morgan fingerprint density at radius 1 is 1.15 bits per heavy atom. The zero-order valence-electron chi connectivity index (χ0n) is 17.8. The van der Waals surface area contributed by atoms with Crippen molar-refractivity contribution in [2.24, 2.45) is 4.99 Å². The first-order chi connectivity index (χ1) is 16.1. The fraction of sp³-hybridized carbons (Fsp3) is 0.160. The highest BCUT2D eigenvalue weighted by Crippen LogP contribution is 2.28. The van der Waals surface area contributed by atoms with Crippen LogP contribution in [0.1, 0.15) is 17.3 Å². The molecule has 3 heterocycles. The summed E-state index contributed by atoms with van der Waals surface area (Å²) in [7, 11) is 0. The van der Waals surface area contributed by atoms with Crippen LogP contribution >= 0.6 is 22.7 Å². The summed E-state index contributed by atoms with van der Waals surface area (Å²) < 4.78 is 22.0. The number of halogens is 1. The number of carbonyl (C=O) groups excluding carboxylic acids is 1. The van der Waals surface area contributed by atoms with Crippen molar-refractivity contribution in [3.63, 3.8) is 0 Å². The number of aromatic nitrogens is 2. The highest BCUT2D eigenvalue weighted by Gasteiger charge is 2.15. The van der Waals surface area contributed by atoms with Gasteiger partial charge >= 0.3 is 0 Å². The van der Waals surface area contributed by atoms with Gasteiger partial charge in [0, 0.05) is 18.5 Å². The number of fused-ring (bicyclic) bond motifs is 2. The molecule has 0 aliphatic heterocycles. The van der Waals surface area contributed by atoms with Crippen molar-refractivity contribution in [3.8, 4) is 10.6 Å². The van der Waals surface area contributed by atoms with E-state index in [2.05, 4.69) is 4.99 Å². The number of thiazole rings is 1. The quantitative estimate of drug-likeness (QED) is 0.286. The molecule has 0 aliphatic carbocycles. The number of rotatable bonds is 6. The van der Waals surface area contributed by atoms with Crippen LogP contribution in [0.2, 0.25) is 0 Å². The van der Waals surface area contributed by atoms with Gasteiger partial charge in [0.05, 0.1) is 38.5 Å². The Kier molecular flexibility index (Phi) is 6.13. The van der Waals surface area contributed by atoms with Gasteiger partial charge in [0.25, 0.3) is 5.91 Å². The van der Waals surface area contributed by atoms with Gasteiger partial charge in [-0.15, -0.1) is 11.3 Å². The molecule has 0 radical (unpaired) electrons. The number of hydrogen-bond acceptors (Lipinski definition) is 5. The molecule has 33 heavy (non-hydrogen) atoms. The smallest absolute Gasteiger partial charge is 0.280 e. The molecule has 166 valence electrons. The molecule has 0 N–H and O–H groups in total. The maximum absolute atomic E-state index is 13.8. The van der Waals surface area contributed by atoms with Gasteiger partial charge in [-0.2, -0.15) is 4.99 Å². The van der Waals surface area contributed by atoms with E-state index in [9.17, 15) is 9.18 Å². The Hall–Kier alpha value is -3.20. The van der Waals surface area contributed by atoms with Crippen LogP contribution in [0.3, 0.4) is 0 Å².